The van der Waals surface area contributed by atoms with E-state index in [1.807, 2.05) is 12.1 Å². The predicted molar refractivity (Wildman–Crippen MR) is 81.7 cm³/mol. The molecule has 2 atom stereocenters. The SMILES string of the molecule is COc1ccc(OC)c(CCN2C(C)CNCC2C)c1. The van der Waals surface area contributed by atoms with E-state index in [2.05, 4.69) is 30.1 Å². The van der Waals surface area contributed by atoms with Crippen LogP contribution in [0.15, 0.2) is 18.2 Å². The molecule has 1 aromatic carbocycles. The number of nitrogens with zero attached hydrogens (tertiary/aromatic N) is 1. The number of ether oxygens (including phenoxy) is 2. The van der Waals surface area contributed by atoms with Gasteiger partial charge in [0, 0.05) is 31.7 Å². The Morgan fingerprint density at radius 2 is 1.85 bits per heavy atom. The van der Waals surface area contributed by atoms with Gasteiger partial charge in [0.05, 0.1) is 14.2 Å². The van der Waals surface area contributed by atoms with Crippen LogP contribution in [-0.2, 0) is 6.42 Å². The van der Waals surface area contributed by atoms with Crippen molar-refractivity contribution in [3.8, 4) is 11.5 Å². The molecule has 0 spiro atoms. The molecule has 0 aromatic heterocycles. The number of hydrogen-bond acceptors (Lipinski definition) is 4. The van der Waals surface area contributed by atoms with Crippen LogP contribution in [0.1, 0.15) is 19.4 Å². The third kappa shape index (κ3) is 3.44. The molecular weight excluding hydrogens is 252 g/mol. The Bertz CT molecular complexity index is 426. The van der Waals surface area contributed by atoms with Crippen LogP contribution >= 0.6 is 0 Å². The Labute approximate surface area is 122 Å². The molecular formula is C16H26N2O2. The third-order valence-electron chi connectivity index (χ3n) is 4.14. The lowest BCUT2D eigenvalue weighted by molar-refractivity contribution is 0.118. The van der Waals surface area contributed by atoms with Crippen LogP contribution in [0.3, 0.4) is 0 Å². The summed E-state index contributed by atoms with van der Waals surface area (Å²) in [5.74, 6) is 1.84. The molecule has 20 heavy (non-hydrogen) atoms. The number of hydrogen-bond donors (Lipinski definition) is 1. The molecule has 1 fully saturated rings. The van der Waals surface area contributed by atoms with Crippen molar-refractivity contribution in [2.75, 3.05) is 33.9 Å². The lowest BCUT2D eigenvalue weighted by Gasteiger charge is -2.39. The molecule has 0 radical (unpaired) electrons. The van der Waals surface area contributed by atoms with E-state index in [1.54, 1.807) is 14.2 Å². The minimum absolute atomic E-state index is 0.579. The van der Waals surface area contributed by atoms with Crippen molar-refractivity contribution < 1.29 is 9.47 Å². The highest BCUT2D eigenvalue weighted by Crippen LogP contribution is 2.25. The molecule has 1 aliphatic heterocycles. The molecule has 0 saturated carbocycles. The summed E-state index contributed by atoms with van der Waals surface area (Å²) in [6.45, 7) is 7.75. The van der Waals surface area contributed by atoms with Crippen molar-refractivity contribution in [2.45, 2.75) is 32.4 Å². The van der Waals surface area contributed by atoms with Crippen LogP contribution in [0.4, 0.5) is 0 Å². The van der Waals surface area contributed by atoms with Gasteiger partial charge in [-0.1, -0.05) is 0 Å². The molecule has 4 heteroatoms. The summed E-state index contributed by atoms with van der Waals surface area (Å²) in [6, 6.07) is 7.17. The monoisotopic (exact) mass is 278 g/mol. The van der Waals surface area contributed by atoms with Gasteiger partial charge in [0.25, 0.3) is 0 Å². The van der Waals surface area contributed by atoms with Crippen molar-refractivity contribution >= 4 is 0 Å². The van der Waals surface area contributed by atoms with Crippen LogP contribution in [0.5, 0.6) is 11.5 Å². The Hall–Kier alpha value is -1.26. The summed E-state index contributed by atoms with van der Waals surface area (Å²) in [6.07, 6.45) is 0.981. The summed E-state index contributed by atoms with van der Waals surface area (Å²) in [7, 11) is 3.42. The molecule has 112 valence electrons. The van der Waals surface area contributed by atoms with E-state index in [9.17, 15) is 0 Å². The average molecular weight is 278 g/mol. The van der Waals surface area contributed by atoms with Gasteiger partial charge >= 0.3 is 0 Å². The molecule has 2 unspecified atom stereocenters. The van der Waals surface area contributed by atoms with E-state index in [4.69, 9.17) is 9.47 Å². The van der Waals surface area contributed by atoms with Gasteiger partial charge in [0.1, 0.15) is 11.5 Å². The molecule has 4 nitrogen and oxygen atoms in total. The topological polar surface area (TPSA) is 33.7 Å². The summed E-state index contributed by atoms with van der Waals surface area (Å²) < 4.78 is 10.8. The zero-order valence-electron chi connectivity index (χ0n) is 13.0. The second-order valence-electron chi connectivity index (χ2n) is 5.52. The van der Waals surface area contributed by atoms with Crippen LogP contribution in [0.25, 0.3) is 0 Å². The summed E-state index contributed by atoms with van der Waals surface area (Å²) in [4.78, 5) is 2.56. The smallest absolute Gasteiger partial charge is 0.122 e. The fourth-order valence-electron chi connectivity index (χ4n) is 2.94. The van der Waals surface area contributed by atoms with Crippen LogP contribution in [-0.4, -0.2) is 50.8 Å². The zero-order valence-corrected chi connectivity index (χ0v) is 13.0. The number of methoxy groups -OCH3 is 2. The van der Waals surface area contributed by atoms with E-state index < -0.39 is 0 Å². The van der Waals surface area contributed by atoms with Crippen LogP contribution < -0.4 is 14.8 Å². The van der Waals surface area contributed by atoms with E-state index >= 15 is 0 Å². The van der Waals surface area contributed by atoms with E-state index in [0.29, 0.717) is 12.1 Å². The number of benzene rings is 1. The maximum absolute atomic E-state index is 5.45. The quantitative estimate of drug-likeness (QED) is 0.892. The maximum Gasteiger partial charge on any atom is 0.122 e. The highest BCUT2D eigenvalue weighted by molar-refractivity contribution is 5.40. The summed E-state index contributed by atoms with van der Waals surface area (Å²) >= 11 is 0. The van der Waals surface area contributed by atoms with Crippen molar-refractivity contribution in [1.82, 2.24) is 10.2 Å². The van der Waals surface area contributed by atoms with Gasteiger partial charge in [-0.25, -0.2) is 0 Å². The highest BCUT2D eigenvalue weighted by atomic mass is 16.5. The molecule has 1 saturated heterocycles. The number of piperazine rings is 1. The highest BCUT2D eigenvalue weighted by Gasteiger charge is 2.24. The minimum Gasteiger partial charge on any atom is -0.497 e. The lowest BCUT2D eigenvalue weighted by atomic mass is 10.1. The second-order valence-corrected chi connectivity index (χ2v) is 5.52. The van der Waals surface area contributed by atoms with Gasteiger partial charge in [-0.2, -0.15) is 0 Å². The molecule has 0 aliphatic carbocycles. The Kier molecular flexibility index (Phi) is 5.26. The molecule has 0 bridgehead atoms. The Morgan fingerprint density at radius 3 is 2.45 bits per heavy atom. The van der Waals surface area contributed by atoms with Gasteiger partial charge in [-0.05, 0) is 44.0 Å². The fraction of sp³-hybridized carbons (Fsp3) is 0.625. The van der Waals surface area contributed by atoms with Crippen molar-refractivity contribution in [1.29, 1.82) is 0 Å². The first-order chi connectivity index (χ1) is 9.65. The van der Waals surface area contributed by atoms with Crippen molar-refractivity contribution in [2.24, 2.45) is 0 Å². The summed E-state index contributed by atoms with van der Waals surface area (Å²) in [5, 5.41) is 3.47. The van der Waals surface area contributed by atoms with Gasteiger partial charge in [-0.3, -0.25) is 4.90 Å². The van der Waals surface area contributed by atoms with Crippen molar-refractivity contribution in [3.63, 3.8) is 0 Å². The molecule has 1 N–H and O–H groups in total. The van der Waals surface area contributed by atoms with Gasteiger partial charge in [0.15, 0.2) is 0 Å². The number of nitrogens with one attached hydrogen (secondary N) is 1. The maximum atomic E-state index is 5.45. The van der Waals surface area contributed by atoms with Crippen LogP contribution in [0.2, 0.25) is 0 Å². The zero-order chi connectivity index (χ0) is 14.5. The second kappa shape index (κ2) is 6.95. The Morgan fingerprint density at radius 1 is 1.15 bits per heavy atom. The van der Waals surface area contributed by atoms with E-state index in [1.165, 1.54) is 5.56 Å². The fourth-order valence-corrected chi connectivity index (χ4v) is 2.94. The lowest BCUT2D eigenvalue weighted by Crippen LogP contribution is -2.55. The predicted octanol–water partition coefficient (Wildman–Crippen LogP) is 1.93. The third-order valence-corrected chi connectivity index (χ3v) is 4.14. The van der Waals surface area contributed by atoms with Crippen LogP contribution in [0, 0.1) is 0 Å². The standard InChI is InChI=1S/C16H26N2O2/c1-12-10-17-11-13(2)18(12)8-7-14-9-15(19-3)5-6-16(14)20-4/h5-6,9,12-13,17H,7-8,10-11H2,1-4H3. The molecule has 0 amide bonds. The molecule has 1 aliphatic rings. The average Bonchev–Trinajstić information content (AvgIpc) is 2.46. The van der Waals surface area contributed by atoms with Crippen molar-refractivity contribution in [3.05, 3.63) is 23.8 Å². The molecule has 1 aromatic rings. The normalized spacial score (nSPS) is 23.6. The summed E-state index contributed by atoms with van der Waals surface area (Å²) in [5.41, 5.74) is 1.21. The van der Waals surface area contributed by atoms with Gasteiger partial charge < -0.3 is 14.8 Å². The molecule has 1 heterocycles. The van der Waals surface area contributed by atoms with E-state index in [0.717, 1.165) is 37.6 Å². The van der Waals surface area contributed by atoms with Gasteiger partial charge in [-0.15, -0.1) is 0 Å². The Balaban J connectivity index is 2.05. The molecule has 2 rings (SSSR count). The first kappa shape index (κ1) is 15.1. The number of rotatable bonds is 5. The largest absolute Gasteiger partial charge is 0.497 e. The first-order valence-corrected chi connectivity index (χ1v) is 7.33. The van der Waals surface area contributed by atoms with E-state index in [-0.39, 0.29) is 0 Å². The van der Waals surface area contributed by atoms with Gasteiger partial charge in [0.2, 0.25) is 0 Å². The minimum atomic E-state index is 0.579. The first-order valence-electron chi connectivity index (χ1n) is 7.33.